The number of rotatable bonds is 11. The lowest BCUT2D eigenvalue weighted by molar-refractivity contribution is -0.264. The van der Waals surface area contributed by atoms with Gasteiger partial charge in [0.1, 0.15) is 12.5 Å². The maximum atomic E-state index is 12.4. The zero-order valence-electron chi connectivity index (χ0n) is 21.0. The van der Waals surface area contributed by atoms with Crippen molar-refractivity contribution in [3.63, 3.8) is 0 Å². The van der Waals surface area contributed by atoms with Crippen LogP contribution in [0.2, 0.25) is 0 Å². The Labute approximate surface area is 220 Å². The van der Waals surface area contributed by atoms with Crippen molar-refractivity contribution in [1.82, 2.24) is 9.47 Å². The number of benzene rings is 2. The number of nitrogens with zero attached hydrogens (tertiary/aromatic N) is 3. The number of ether oxygens (including phenoxy) is 3. The van der Waals surface area contributed by atoms with E-state index in [2.05, 4.69) is 39.4 Å². The molecule has 1 aliphatic rings. The van der Waals surface area contributed by atoms with Gasteiger partial charge in [0, 0.05) is 61.2 Å². The number of aromatic nitrogens is 1. The zero-order valence-corrected chi connectivity index (χ0v) is 21.9. The highest BCUT2D eigenvalue weighted by Crippen LogP contribution is 2.31. The Balaban J connectivity index is 1.08. The average Bonchev–Trinajstić information content (AvgIpc) is 3.42. The predicted octanol–water partition coefficient (Wildman–Crippen LogP) is 4.09. The van der Waals surface area contributed by atoms with Crippen LogP contribution < -0.4 is 15.2 Å². The number of anilines is 1. The summed E-state index contributed by atoms with van der Waals surface area (Å²) in [6, 6.07) is 17.8. The molecule has 0 spiro atoms. The summed E-state index contributed by atoms with van der Waals surface area (Å²) in [7, 11) is 1.33. The second-order valence-corrected chi connectivity index (χ2v) is 10.1. The first-order valence-electron chi connectivity index (χ1n) is 12.6. The van der Waals surface area contributed by atoms with Crippen LogP contribution in [0.5, 0.6) is 5.75 Å². The van der Waals surface area contributed by atoms with E-state index in [1.165, 1.54) is 33.5 Å². The first kappa shape index (κ1) is 25.7. The third-order valence-electron chi connectivity index (χ3n) is 6.84. The van der Waals surface area contributed by atoms with E-state index in [1.54, 1.807) is 17.4 Å². The van der Waals surface area contributed by atoms with Crippen molar-refractivity contribution in [2.75, 3.05) is 51.3 Å². The molecule has 1 aliphatic heterocycles. The summed E-state index contributed by atoms with van der Waals surface area (Å²) >= 11 is 1.80. The van der Waals surface area contributed by atoms with Crippen LogP contribution in [0.3, 0.4) is 0 Å². The van der Waals surface area contributed by atoms with Crippen molar-refractivity contribution >= 4 is 38.0 Å². The Bertz CT molecular complexity index is 1380. The minimum atomic E-state index is -1.39. The number of hydrogen-bond acceptors (Lipinski definition) is 8. The largest absolute Gasteiger partial charge is 0.494 e. The van der Waals surface area contributed by atoms with Gasteiger partial charge in [-0.1, -0.05) is 6.07 Å². The molecule has 37 heavy (non-hydrogen) atoms. The lowest BCUT2D eigenvalue weighted by atomic mass is 10.2. The van der Waals surface area contributed by atoms with E-state index in [-0.39, 0.29) is 12.3 Å². The van der Waals surface area contributed by atoms with E-state index in [1.807, 2.05) is 18.2 Å². The molecule has 2 aromatic heterocycles. The van der Waals surface area contributed by atoms with Gasteiger partial charge in [-0.3, -0.25) is 14.3 Å². The standard InChI is InChI=1S/C28H33N3O5S/c1-34-28(33)36-20-31-25-19-22(9-7-21(25)8-10-27(31)32)35-17-3-2-12-29-13-15-30(16-14-29)24-5-4-6-26-23(24)11-18-37-26/h4-11,18-19,28,33H,2-3,12-17,20H2,1H3. The Hall–Kier alpha value is -2.95. The number of unbranched alkanes of at least 4 members (excludes halogenated alkanes) is 1. The summed E-state index contributed by atoms with van der Waals surface area (Å²) in [6.45, 7) is 4.42. The number of aliphatic hydroxyl groups excluding tert-OH is 1. The van der Waals surface area contributed by atoms with E-state index in [9.17, 15) is 9.90 Å². The van der Waals surface area contributed by atoms with Crippen LogP contribution >= 0.6 is 11.3 Å². The smallest absolute Gasteiger partial charge is 0.270 e. The summed E-state index contributed by atoms with van der Waals surface area (Å²) in [5.41, 5.74) is 1.82. The van der Waals surface area contributed by atoms with Crippen molar-refractivity contribution in [3.05, 3.63) is 70.3 Å². The van der Waals surface area contributed by atoms with Gasteiger partial charge in [0.2, 0.25) is 0 Å². The number of piperazine rings is 1. The molecule has 3 heterocycles. The van der Waals surface area contributed by atoms with Gasteiger partial charge in [-0.15, -0.1) is 11.3 Å². The summed E-state index contributed by atoms with van der Waals surface area (Å²) < 4.78 is 18.7. The van der Waals surface area contributed by atoms with E-state index in [0.717, 1.165) is 51.0 Å². The molecular formula is C28H33N3O5S. The van der Waals surface area contributed by atoms with Crippen molar-refractivity contribution in [2.45, 2.75) is 26.0 Å². The van der Waals surface area contributed by atoms with Crippen LogP contribution in [0.1, 0.15) is 12.8 Å². The van der Waals surface area contributed by atoms with Gasteiger partial charge in [-0.2, -0.15) is 0 Å². The van der Waals surface area contributed by atoms with Gasteiger partial charge >= 0.3 is 0 Å². The molecule has 4 aromatic rings. The number of aliphatic hydroxyl groups is 1. The molecule has 0 aliphatic carbocycles. The Kier molecular flexibility index (Phi) is 8.38. The highest BCUT2D eigenvalue weighted by molar-refractivity contribution is 7.17. The third-order valence-corrected chi connectivity index (χ3v) is 7.72. The van der Waals surface area contributed by atoms with E-state index in [4.69, 9.17) is 14.2 Å². The SMILES string of the molecule is COC(O)OCn1c(=O)ccc2ccc(OCCCCN3CCN(c4cccc5sccc45)CC3)cc21. The topological polar surface area (TPSA) is 76.4 Å². The minimum Gasteiger partial charge on any atom is -0.494 e. The minimum absolute atomic E-state index is 0.121. The molecule has 2 aromatic carbocycles. The molecule has 1 fully saturated rings. The fourth-order valence-corrected chi connectivity index (χ4v) is 5.60. The molecule has 0 saturated carbocycles. The number of thiophene rings is 1. The van der Waals surface area contributed by atoms with Crippen molar-refractivity contribution in [3.8, 4) is 5.75 Å². The third kappa shape index (κ3) is 6.14. The van der Waals surface area contributed by atoms with Crippen molar-refractivity contribution in [1.29, 1.82) is 0 Å². The summed E-state index contributed by atoms with van der Waals surface area (Å²) in [4.78, 5) is 17.4. The molecule has 1 unspecified atom stereocenters. The average molecular weight is 524 g/mol. The normalized spacial score (nSPS) is 15.5. The van der Waals surface area contributed by atoms with Crippen molar-refractivity contribution < 1.29 is 19.3 Å². The maximum absolute atomic E-state index is 12.4. The molecule has 0 amide bonds. The Morgan fingerprint density at radius 1 is 1.03 bits per heavy atom. The molecule has 5 rings (SSSR count). The van der Waals surface area contributed by atoms with Gasteiger partial charge in [0.25, 0.3) is 12.0 Å². The second-order valence-electron chi connectivity index (χ2n) is 9.15. The van der Waals surface area contributed by atoms with E-state index in [0.29, 0.717) is 17.9 Å². The molecule has 1 atom stereocenters. The van der Waals surface area contributed by atoms with Crippen LogP contribution in [0, 0.1) is 0 Å². The van der Waals surface area contributed by atoms with Gasteiger partial charge in [-0.25, -0.2) is 0 Å². The zero-order chi connectivity index (χ0) is 25.6. The lowest BCUT2D eigenvalue weighted by Crippen LogP contribution is -2.46. The fourth-order valence-electron chi connectivity index (χ4n) is 4.79. The van der Waals surface area contributed by atoms with Crippen LogP contribution in [0.25, 0.3) is 21.0 Å². The first-order valence-corrected chi connectivity index (χ1v) is 13.5. The predicted molar refractivity (Wildman–Crippen MR) is 148 cm³/mol. The van der Waals surface area contributed by atoms with Crippen LogP contribution in [0.15, 0.2) is 64.8 Å². The first-order chi connectivity index (χ1) is 18.1. The number of methoxy groups -OCH3 is 1. The molecule has 8 nitrogen and oxygen atoms in total. The van der Waals surface area contributed by atoms with Crippen LogP contribution in [-0.2, 0) is 16.2 Å². The molecule has 9 heteroatoms. The Morgan fingerprint density at radius 2 is 1.86 bits per heavy atom. The maximum Gasteiger partial charge on any atom is 0.270 e. The molecule has 0 radical (unpaired) electrons. The van der Waals surface area contributed by atoms with Crippen LogP contribution in [0.4, 0.5) is 5.69 Å². The number of hydrogen-bond donors (Lipinski definition) is 1. The summed E-state index contributed by atoms with van der Waals surface area (Å²) in [6.07, 6.45) is 2.03. The van der Waals surface area contributed by atoms with Gasteiger partial charge in [0.05, 0.1) is 12.1 Å². The van der Waals surface area contributed by atoms with Crippen LogP contribution in [-0.4, -0.2) is 67.5 Å². The highest BCUT2D eigenvalue weighted by Gasteiger charge is 2.18. The summed E-state index contributed by atoms with van der Waals surface area (Å²) in [5.74, 6) is 0.704. The highest BCUT2D eigenvalue weighted by atomic mass is 32.1. The van der Waals surface area contributed by atoms with Crippen molar-refractivity contribution in [2.24, 2.45) is 0 Å². The number of pyridine rings is 1. The van der Waals surface area contributed by atoms with E-state index >= 15 is 0 Å². The number of fused-ring (bicyclic) bond motifs is 2. The molecule has 1 saturated heterocycles. The molecule has 0 bridgehead atoms. The monoisotopic (exact) mass is 523 g/mol. The summed E-state index contributed by atoms with van der Waals surface area (Å²) in [5, 5.41) is 13.9. The van der Waals surface area contributed by atoms with Gasteiger partial charge in [-0.05, 0) is 66.6 Å². The second kappa shape index (κ2) is 12.1. The lowest BCUT2D eigenvalue weighted by Gasteiger charge is -2.36. The van der Waals surface area contributed by atoms with Gasteiger partial charge < -0.3 is 24.2 Å². The molecule has 1 N–H and O–H groups in total. The van der Waals surface area contributed by atoms with E-state index < -0.39 is 6.48 Å². The van der Waals surface area contributed by atoms with Gasteiger partial charge in [0.15, 0.2) is 0 Å². The fraction of sp³-hybridized carbons (Fsp3) is 0.393. The quantitative estimate of drug-likeness (QED) is 0.234. The molecular weight excluding hydrogens is 490 g/mol. The molecule has 196 valence electrons. The Morgan fingerprint density at radius 3 is 2.70 bits per heavy atom.